The lowest BCUT2D eigenvalue weighted by atomic mass is 10.1. The molecule has 0 saturated heterocycles. The summed E-state index contributed by atoms with van der Waals surface area (Å²) < 4.78 is 0. The van der Waals surface area contributed by atoms with Gasteiger partial charge in [-0.05, 0) is 18.6 Å². The van der Waals surface area contributed by atoms with Crippen LogP contribution in [0.2, 0.25) is 5.02 Å². The fraction of sp³-hybridized carbons (Fsp3) is 0.273. The van der Waals surface area contributed by atoms with Gasteiger partial charge < -0.3 is 5.11 Å². The first-order valence-electron chi connectivity index (χ1n) is 4.61. The molecule has 0 aliphatic heterocycles. The second-order valence-corrected chi connectivity index (χ2v) is 3.56. The van der Waals surface area contributed by atoms with E-state index in [1.54, 1.807) is 24.3 Å². The van der Waals surface area contributed by atoms with Crippen LogP contribution in [0.5, 0.6) is 0 Å². The Hall–Kier alpha value is -1.35. The Bertz CT molecular complexity index is 374. The SMILES string of the molecule is O=C(O)CCCC(=O)c1ccccc1Cl. The molecule has 1 rings (SSSR count). The van der Waals surface area contributed by atoms with Crippen LogP contribution in [-0.4, -0.2) is 16.9 Å². The molecular formula is C11H11ClO3. The van der Waals surface area contributed by atoms with Gasteiger partial charge in [-0.25, -0.2) is 0 Å². The van der Waals surface area contributed by atoms with Crippen LogP contribution >= 0.6 is 11.6 Å². The van der Waals surface area contributed by atoms with Crippen molar-refractivity contribution in [1.29, 1.82) is 0 Å². The maximum absolute atomic E-state index is 11.6. The summed E-state index contributed by atoms with van der Waals surface area (Å²) in [6.07, 6.45) is 0.575. The van der Waals surface area contributed by atoms with Gasteiger partial charge in [0.05, 0.1) is 5.02 Å². The predicted octanol–water partition coefficient (Wildman–Crippen LogP) is 2.78. The number of rotatable bonds is 5. The highest BCUT2D eigenvalue weighted by Crippen LogP contribution is 2.17. The van der Waals surface area contributed by atoms with Crippen LogP contribution in [0.15, 0.2) is 24.3 Å². The van der Waals surface area contributed by atoms with Gasteiger partial charge in [-0.1, -0.05) is 23.7 Å². The number of ketones is 1. The largest absolute Gasteiger partial charge is 0.481 e. The van der Waals surface area contributed by atoms with Crippen LogP contribution in [0.3, 0.4) is 0 Å². The van der Waals surface area contributed by atoms with E-state index < -0.39 is 5.97 Å². The van der Waals surface area contributed by atoms with Crippen LogP contribution in [0.25, 0.3) is 0 Å². The van der Waals surface area contributed by atoms with Crippen LogP contribution in [0.4, 0.5) is 0 Å². The number of carboxylic acids is 1. The van der Waals surface area contributed by atoms with E-state index >= 15 is 0 Å². The lowest BCUT2D eigenvalue weighted by molar-refractivity contribution is -0.137. The Kier molecular flexibility index (Phi) is 4.31. The Morgan fingerprint density at radius 1 is 1.20 bits per heavy atom. The molecule has 1 aromatic rings. The third-order valence-electron chi connectivity index (χ3n) is 1.97. The van der Waals surface area contributed by atoms with Gasteiger partial charge >= 0.3 is 5.97 Å². The molecule has 0 aliphatic rings. The van der Waals surface area contributed by atoms with Gasteiger partial charge in [0.25, 0.3) is 0 Å². The van der Waals surface area contributed by atoms with E-state index in [2.05, 4.69) is 0 Å². The van der Waals surface area contributed by atoms with Crippen molar-refractivity contribution in [2.75, 3.05) is 0 Å². The summed E-state index contributed by atoms with van der Waals surface area (Å²) in [5.41, 5.74) is 0.463. The predicted molar refractivity (Wildman–Crippen MR) is 57.3 cm³/mol. The summed E-state index contributed by atoms with van der Waals surface area (Å²) in [6.45, 7) is 0. The van der Waals surface area contributed by atoms with Gasteiger partial charge in [-0.3, -0.25) is 9.59 Å². The first-order valence-corrected chi connectivity index (χ1v) is 4.98. The average molecular weight is 227 g/mol. The Balaban J connectivity index is 2.54. The van der Waals surface area contributed by atoms with Crippen LogP contribution < -0.4 is 0 Å². The molecule has 0 saturated carbocycles. The van der Waals surface area contributed by atoms with E-state index in [-0.39, 0.29) is 18.6 Å². The van der Waals surface area contributed by atoms with Crippen molar-refractivity contribution in [3.8, 4) is 0 Å². The molecule has 0 spiro atoms. The average Bonchev–Trinajstić information content (AvgIpc) is 2.17. The molecule has 4 heteroatoms. The zero-order valence-electron chi connectivity index (χ0n) is 8.07. The Labute approximate surface area is 92.7 Å². The molecule has 0 bridgehead atoms. The quantitative estimate of drug-likeness (QED) is 0.786. The number of carbonyl (C=O) groups is 2. The highest BCUT2D eigenvalue weighted by Gasteiger charge is 2.09. The summed E-state index contributed by atoms with van der Waals surface area (Å²) in [4.78, 5) is 21.8. The first kappa shape index (κ1) is 11.7. The van der Waals surface area contributed by atoms with Crippen molar-refractivity contribution < 1.29 is 14.7 Å². The van der Waals surface area contributed by atoms with E-state index in [0.29, 0.717) is 17.0 Å². The third-order valence-corrected chi connectivity index (χ3v) is 2.30. The molecule has 80 valence electrons. The van der Waals surface area contributed by atoms with E-state index in [9.17, 15) is 9.59 Å². The minimum atomic E-state index is -0.887. The van der Waals surface area contributed by atoms with Crippen molar-refractivity contribution in [3.05, 3.63) is 34.9 Å². The normalized spacial score (nSPS) is 9.93. The molecule has 1 N–H and O–H groups in total. The molecule has 0 amide bonds. The standard InChI is InChI=1S/C11H11ClO3/c12-9-5-2-1-4-8(9)10(13)6-3-7-11(14)15/h1-2,4-5H,3,6-7H2,(H,14,15). The molecular weight excluding hydrogens is 216 g/mol. The highest BCUT2D eigenvalue weighted by molar-refractivity contribution is 6.33. The zero-order chi connectivity index (χ0) is 11.3. The lowest BCUT2D eigenvalue weighted by Gasteiger charge is -2.01. The first-order chi connectivity index (χ1) is 7.11. The number of carboxylic acid groups (broad SMARTS) is 1. The number of benzene rings is 1. The molecule has 15 heavy (non-hydrogen) atoms. The minimum Gasteiger partial charge on any atom is -0.481 e. The van der Waals surface area contributed by atoms with E-state index in [4.69, 9.17) is 16.7 Å². The number of carbonyl (C=O) groups excluding carboxylic acids is 1. The van der Waals surface area contributed by atoms with Crippen molar-refractivity contribution in [3.63, 3.8) is 0 Å². The summed E-state index contributed by atoms with van der Waals surface area (Å²) in [7, 11) is 0. The van der Waals surface area contributed by atoms with Crippen molar-refractivity contribution in [1.82, 2.24) is 0 Å². The van der Waals surface area contributed by atoms with Crippen LogP contribution in [0, 0.1) is 0 Å². The van der Waals surface area contributed by atoms with Gasteiger partial charge in [0.15, 0.2) is 5.78 Å². The number of hydrogen-bond donors (Lipinski definition) is 1. The molecule has 0 aromatic heterocycles. The fourth-order valence-corrected chi connectivity index (χ4v) is 1.46. The van der Waals surface area contributed by atoms with Gasteiger partial charge in [0.2, 0.25) is 0 Å². The molecule has 1 aromatic carbocycles. The molecule has 0 fully saturated rings. The number of aliphatic carboxylic acids is 1. The Morgan fingerprint density at radius 2 is 1.87 bits per heavy atom. The summed E-state index contributed by atoms with van der Waals surface area (Å²) in [5.74, 6) is -0.996. The van der Waals surface area contributed by atoms with Crippen molar-refractivity contribution in [2.45, 2.75) is 19.3 Å². The van der Waals surface area contributed by atoms with Gasteiger partial charge in [-0.15, -0.1) is 0 Å². The highest BCUT2D eigenvalue weighted by atomic mass is 35.5. The smallest absolute Gasteiger partial charge is 0.303 e. The molecule has 3 nitrogen and oxygen atoms in total. The third kappa shape index (κ3) is 3.72. The number of halogens is 1. The monoisotopic (exact) mass is 226 g/mol. The minimum absolute atomic E-state index is 0.0101. The van der Waals surface area contributed by atoms with Crippen LogP contribution in [-0.2, 0) is 4.79 Å². The Morgan fingerprint density at radius 3 is 2.47 bits per heavy atom. The zero-order valence-corrected chi connectivity index (χ0v) is 8.83. The topological polar surface area (TPSA) is 54.4 Å². The van der Waals surface area contributed by atoms with Crippen molar-refractivity contribution in [2.24, 2.45) is 0 Å². The summed E-state index contributed by atoms with van der Waals surface area (Å²) in [5, 5.41) is 8.83. The molecule has 0 atom stereocenters. The van der Waals surface area contributed by atoms with E-state index in [1.165, 1.54) is 0 Å². The van der Waals surface area contributed by atoms with E-state index in [1.807, 2.05) is 0 Å². The molecule has 0 unspecified atom stereocenters. The van der Waals surface area contributed by atoms with Crippen LogP contribution in [0.1, 0.15) is 29.6 Å². The van der Waals surface area contributed by atoms with Gasteiger partial charge in [0.1, 0.15) is 0 Å². The molecule has 0 radical (unpaired) electrons. The maximum Gasteiger partial charge on any atom is 0.303 e. The molecule has 0 aliphatic carbocycles. The lowest BCUT2D eigenvalue weighted by Crippen LogP contribution is -2.02. The van der Waals surface area contributed by atoms with E-state index in [0.717, 1.165) is 0 Å². The second-order valence-electron chi connectivity index (χ2n) is 3.15. The number of Topliss-reactive ketones (excluding diaryl/α,β-unsaturated/α-hetero) is 1. The number of hydrogen-bond acceptors (Lipinski definition) is 2. The second kappa shape index (κ2) is 5.51. The van der Waals surface area contributed by atoms with Gasteiger partial charge in [0, 0.05) is 18.4 Å². The maximum atomic E-state index is 11.6. The van der Waals surface area contributed by atoms with Crippen molar-refractivity contribution >= 4 is 23.4 Å². The molecule has 0 heterocycles. The summed E-state index contributed by atoms with van der Waals surface area (Å²) >= 11 is 5.82. The fourth-order valence-electron chi connectivity index (χ4n) is 1.22. The van der Waals surface area contributed by atoms with Gasteiger partial charge in [-0.2, -0.15) is 0 Å². The summed E-state index contributed by atoms with van der Waals surface area (Å²) in [6, 6.07) is 6.77.